The topological polar surface area (TPSA) is 30.7 Å². The maximum Gasteiger partial charge on any atom is 0.110 e. The van der Waals surface area contributed by atoms with E-state index in [-0.39, 0.29) is 0 Å². The van der Waals surface area contributed by atoms with Crippen LogP contribution in [0.5, 0.6) is 0 Å². The number of hydrogen-bond acceptors (Lipinski definition) is 2. The first-order chi connectivity index (χ1) is 9.24. The number of benzene rings is 1. The first-order valence-electron chi connectivity index (χ1n) is 7.01. The van der Waals surface area contributed by atoms with Crippen molar-refractivity contribution in [2.75, 3.05) is 0 Å². The predicted octanol–water partition coefficient (Wildman–Crippen LogP) is 3.79. The molecule has 0 fully saturated rings. The first kappa shape index (κ1) is 11.0. The van der Waals surface area contributed by atoms with Gasteiger partial charge in [-0.3, -0.25) is 4.98 Å². The fourth-order valence-electron chi connectivity index (χ4n) is 3.27. The third-order valence-corrected chi connectivity index (χ3v) is 4.20. The summed E-state index contributed by atoms with van der Waals surface area (Å²) in [5, 5.41) is 1.18. The van der Waals surface area contributed by atoms with Crippen molar-refractivity contribution >= 4 is 21.9 Å². The van der Waals surface area contributed by atoms with Gasteiger partial charge in [-0.15, -0.1) is 0 Å². The fourth-order valence-corrected chi connectivity index (χ4v) is 3.27. The molecule has 19 heavy (non-hydrogen) atoms. The van der Waals surface area contributed by atoms with E-state index in [1.807, 2.05) is 6.92 Å². The first-order valence-corrected chi connectivity index (χ1v) is 7.01. The molecule has 3 heteroatoms. The van der Waals surface area contributed by atoms with Gasteiger partial charge >= 0.3 is 0 Å². The second-order valence-corrected chi connectivity index (χ2v) is 5.59. The molecule has 0 spiro atoms. The van der Waals surface area contributed by atoms with E-state index >= 15 is 0 Å². The van der Waals surface area contributed by atoms with Gasteiger partial charge in [0.2, 0.25) is 0 Å². The van der Waals surface area contributed by atoms with Gasteiger partial charge in [0.05, 0.1) is 16.6 Å². The van der Waals surface area contributed by atoms with Gasteiger partial charge in [0.25, 0.3) is 0 Å². The molecule has 96 valence electrons. The number of nitrogens with zero attached hydrogens (tertiary/aromatic N) is 3. The van der Waals surface area contributed by atoms with Gasteiger partial charge in [-0.05, 0) is 51.0 Å². The Morgan fingerprint density at radius 1 is 1.16 bits per heavy atom. The lowest BCUT2D eigenvalue weighted by Gasteiger charge is -2.22. The molecule has 0 saturated carbocycles. The zero-order valence-electron chi connectivity index (χ0n) is 11.3. The molecule has 0 aliphatic carbocycles. The minimum Gasteiger partial charge on any atom is -0.325 e. The lowest BCUT2D eigenvalue weighted by molar-refractivity contribution is 0.435. The molecule has 3 heterocycles. The van der Waals surface area contributed by atoms with E-state index in [4.69, 9.17) is 4.98 Å². The molecule has 1 aromatic carbocycles. The summed E-state index contributed by atoms with van der Waals surface area (Å²) in [4.78, 5) is 9.49. The van der Waals surface area contributed by atoms with Crippen LogP contribution in [0.3, 0.4) is 0 Å². The fraction of sp³-hybridized carbons (Fsp3) is 0.375. The minimum absolute atomic E-state index is 0.560. The van der Waals surface area contributed by atoms with Gasteiger partial charge in [0.15, 0.2) is 0 Å². The lowest BCUT2D eigenvalue weighted by Crippen LogP contribution is -2.14. The molecule has 3 nitrogen and oxygen atoms in total. The van der Waals surface area contributed by atoms with Crippen molar-refractivity contribution < 1.29 is 0 Å². The number of rotatable bonds is 0. The summed E-state index contributed by atoms with van der Waals surface area (Å²) in [7, 11) is 0. The Labute approximate surface area is 112 Å². The molecule has 0 amide bonds. The Hall–Kier alpha value is -1.90. The van der Waals surface area contributed by atoms with Crippen molar-refractivity contribution in [2.45, 2.75) is 39.2 Å². The molecule has 1 aliphatic rings. The van der Waals surface area contributed by atoms with E-state index in [0.29, 0.717) is 6.04 Å². The van der Waals surface area contributed by atoms with Gasteiger partial charge < -0.3 is 4.57 Å². The van der Waals surface area contributed by atoms with Crippen molar-refractivity contribution in [1.29, 1.82) is 0 Å². The van der Waals surface area contributed by atoms with Crippen molar-refractivity contribution in [3.8, 4) is 0 Å². The van der Waals surface area contributed by atoms with Crippen LogP contribution in [0.15, 0.2) is 24.3 Å². The molecular weight excluding hydrogens is 234 g/mol. The summed E-state index contributed by atoms with van der Waals surface area (Å²) >= 11 is 0. The number of hydrogen-bond donors (Lipinski definition) is 0. The van der Waals surface area contributed by atoms with Crippen LogP contribution < -0.4 is 0 Å². The maximum atomic E-state index is 4.88. The van der Waals surface area contributed by atoms with E-state index in [0.717, 1.165) is 23.1 Å². The molecule has 0 N–H and O–H groups in total. The molecule has 1 atom stereocenters. The van der Waals surface area contributed by atoms with E-state index in [1.165, 1.54) is 29.6 Å². The van der Waals surface area contributed by atoms with Gasteiger partial charge in [-0.2, -0.15) is 0 Å². The number of fused-ring (bicyclic) bond motifs is 5. The summed E-state index contributed by atoms with van der Waals surface area (Å²) in [5.74, 6) is 1.24. The molecule has 0 bridgehead atoms. The monoisotopic (exact) mass is 251 g/mol. The zero-order valence-corrected chi connectivity index (χ0v) is 11.3. The van der Waals surface area contributed by atoms with Gasteiger partial charge in [0.1, 0.15) is 5.82 Å². The predicted molar refractivity (Wildman–Crippen MR) is 77.4 cm³/mol. The standard InChI is InChI=1S/C16H17N3/c1-10-6-7-12-13(17-10)8-9-14-16(12)18-15-5-3-4-11(2)19(14)15/h6-9,11H,3-5H2,1-2H3. The number of aryl methyl sites for hydroxylation is 2. The van der Waals surface area contributed by atoms with Crippen LogP contribution >= 0.6 is 0 Å². The lowest BCUT2D eigenvalue weighted by atomic mass is 10.1. The van der Waals surface area contributed by atoms with E-state index in [9.17, 15) is 0 Å². The van der Waals surface area contributed by atoms with Crippen LogP contribution in [-0.2, 0) is 6.42 Å². The minimum atomic E-state index is 0.560. The van der Waals surface area contributed by atoms with Crippen LogP contribution in [0.2, 0.25) is 0 Å². The maximum absolute atomic E-state index is 4.88. The van der Waals surface area contributed by atoms with E-state index in [2.05, 4.69) is 40.7 Å². The SMILES string of the molecule is Cc1ccc2c(ccc3c2nc2n3C(C)CCC2)n1. The van der Waals surface area contributed by atoms with Crippen molar-refractivity contribution in [2.24, 2.45) is 0 Å². The van der Waals surface area contributed by atoms with E-state index in [1.54, 1.807) is 0 Å². The second kappa shape index (κ2) is 3.80. The number of aromatic nitrogens is 3. The van der Waals surface area contributed by atoms with Gasteiger partial charge in [-0.1, -0.05) is 0 Å². The van der Waals surface area contributed by atoms with Crippen molar-refractivity contribution in [3.63, 3.8) is 0 Å². The summed E-state index contributed by atoms with van der Waals surface area (Å²) in [6, 6.07) is 9.10. The third kappa shape index (κ3) is 1.51. The normalized spacial score (nSPS) is 18.9. The highest BCUT2D eigenvalue weighted by molar-refractivity contribution is 6.02. The summed E-state index contributed by atoms with van der Waals surface area (Å²) < 4.78 is 2.41. The largest absolute Gasteiger partial charge is 0.325 e. The highest BCUT2D eigenvalue weighted by atomic mass is 15.1. The van der Waals surface area contributed by atoms with Crippen LogP contribution in [0, 0.1) is 6.92 Å². The van der Waals surface area contributed by atoms with Crippen molar-refractivity contribution in [1.82, 2.24) is 14.5 Å². The average molecular weight is 251 g/mol. The number of imidazole rings is 1. The summed E-state index contributed by atoms with van der Waals surface area (Å²) in [6.07, 6.45) is 3.60. The van der Waals surface area contributed by atoms with Crippen LogP contribution in [0.1, 0.15) is 37.3 Å². The van der Waals surface area contributed by atoms with Crippen molar-refractivity contribution in [3.05, 3.63) is 35.8 Å². The van der Waals surface area contributed by atoms with Gasteiger partial charge in [0, 0.05) is 23.5 Å². The summed E-state index contributed by atoms with van der Waals surface area (Å²) in [5.41, 5.74) is 4.49. The van der Waals surface area contributed by atoms with E-state index < -0.39 is 0 Å². The Bertz CT molecular complexity index is 785. The number of pyridine rings is 1. The molecule has 1 aliphatic heterocycles. The average Bonchev–Trinajstić information content (AvgIpc) is 2.78. The highest BCUT2D eigenvalue weighted by Crippen LogP contribution is 2.32. The molecule has 0 radical (unpaired) electrons. The zero-order chi connectivity index (χ0) is 13.0. The molecule has 4 rings (SSSR count). The Kier molecular flexibility index (Phi) is 2.19. The molecular formula is C16H17N3. The third-order valence-electron chi connectivity index (χ3n) is 4.20. The highest BCUT2D eigenvalue weighted by Gasteiger charge is 2.21. The summed E-state index contributed by atoms with van der Waals surface area (Å²) in [6.45, 7) is 4.32. The van der Waals surface area contributed by atoms with Crippen LogP contribution in [0.4, 0.5) is 0 Å². The Balaban J connectivity index is 2.12. The molecule has 1 unspecified atom stereocenters. The Morgan fingerprint density at radius 2 is 2.05 bits per heavy atom. The molecule has 2 aromatic heterocycles. The Morgan fingerprint density at radius 3 is 2.95 bits per heavy atom. The van der Waals surface area contributed by atoms with Crippen LogP contribution in [0.25, 0.3) is 21.9 Å². The van der Waals surface area contributed by atoms with Gasteiger partial charge in [-0.25, -0.2) is 4.98 Å². The second-order valence-electron chi connectivity index (χ2n) is 5.59. The molecule has 3 aromatic rings. The molecule has 0 saturated heterocycles. The smallest absolute Gasteiger partial charge is 0.110 e. The van der Waals surface area contributed by atoms with Crippen LogP contribution in [-0.4, -0.2) is 14.5 Å². The quantitative estimate of drug-likeness (QED) is 0.608.